The molecule has 0 radical (unpaired) electrons. The Hall–Kier alpha value is -1.24. The fourth-order valence-electron chi connectivity index (χ4n) is 2.22. The van der Waals surface area contributed by atoms with E-state index >= 15 is 0 Å². The summed E-state index contributed by atoms with van der Waals surface area (Å²) in [7, 11) is 0. The number of hydrogen-bond donors (Lipinski definition) is 0. The van der Waals surface area contributed by atoms with Crippen LogP contribution in [0.25, 0.3) is 10.9 Å². The molecule has 0 saturated heterocycles. The molecule has 0 spiro atoms. The molecule has 1 nitrogen and oxygen atoms in total. The van der Waals surface area contributed by atoms with Gasteiger partial charge in [-0.2, -0.15) is 0 Å². The Balaban J connectivity index is 2.88. The highest BCUT2D eigenvalue weighted by Crippen LogP contribution is 2.27. The summed E-state index contributed by atoms with van der Waals surface area (Å²) in [5, 5.41) is 1.39. The van der Waals surface area contributed by atoms with Gasteiger partial charge in [0.1, 0.15) is 0 Å². The van der Waals surface area contributed by atoms with E-state index in [1.54, 1.807) is 0 Å². The van der Waals surface area contributed by atoms with E-state index in [0.29, 0.717) is 6.04 Å². The zero-order chi connectivity index (χ0) is 10.3. The van der Waals surface area contributed by atoms with Gasteiger partial charge in [-0.3, -0.25) is 0 Å². The van der Waals surface area contributed by atoms with Crippen LogP contribution >= 0.6 is 0 Å². The normalized spacial score (nSPS) is 11.5. The third-order valence-electron chi connectivity index (χ3n) is 2.99. The van der Waals surface area contributed by atoms with Gasteiger partial charge in [-0.15, -0.1) is 0 Å². The van der Waals surface area contributed by atoms with Crippen LogP contribution in [0.15, 0.2) is 24.3 Å². The van der Waals surface area contributed by atoms with Crippen molar-refractivity contribution in [1.29, 1.82) is 0 Å². The number of para-hydroxylation sites is 1. The molecule has 0 atom stereocenters. The predicted molar refractivity (Wildman–Crippen MR) is 61.8 cm³/mol. The number of benzene rings is 1. The summed E-state index contributed by atoms with van der Waals surface area (Å²) in [6, 6.07) is 9.17. The SMILES string of the molecule is Cc1c(C)n(C(C)C)c2ccccc12. The summed E-state index contributed by atoms with van der Waals surface area (Å²) in [4.78, 5) is 0. The maximum Gasteiger partial charge on any atom is 0.0487 e. The zero-order valence-electron chi connectivity index (χ0n) is 9.33. The maximum atomic E-state index is 2.41. The minimum Gasteiger partial charge on any atom is -0.342 e. The molecular formula is C13H17N. The van der Waals surface area contributed by atoms with E-state index in [2.05, 4.69) is 56.5 Å². The lowest BCUT2D eigenvalue weighted by Crippen LogP contribution is -2.02. The highest BCUT2D eigenvalue weighted by molar-refractivity contribution is 5.85. The van der Waals surface area contributed by atoms with E-state index in [0.717, 1.165) is 0 Å². The van der Waals surface area contributed by atoms with Gasteiger partial charge in [-0.05, 0) is 39.3 Å². The topological polar surface area (TPSA) is 4.93 Å². The first kappa shape index (κ1) is 9.32. The summed E-state index contributed by atoms with van der Waals surface area (Å²) in [6.45, 7) is 8.88. The monoisotopic (exact) mass is 187 g/mol. The molecule has 1 heterocycles. The molecule has 1 heteroatoms. The first-order valence-corrected chi connectivity index (χ1v) is 5.19. The molecule has 2 rings (SSSR count). The van der Waals surface area contributed by atoms with Crippen LogP contribution in [-0.2, 0) is 0 Å². The van der Waals surface area contributed by atoms with E-state index in [4.69, 9.17) is 0 Å². The molecular weight excluding hydrogens is 170 g/mol. The number of rotatable bonds is 1. The van der Waals surface area contributed by atoms with Crippen molar-refractivity contribution in [2.45, 2.75) is 33.7 Å². The van der Waals surface area contributed by atoms with Gasteiger partial charge in [0.15, 0.2) is 0 Å². The molecule has 0 N–H and O–H groups in total. The standard InChI is InChI=1S/C13H17N/c1-9(2)14-11(4)10(3)12-7-5-6-8-13(12)14/h5-9H,1-4H3. The Morgan fingerprint density at radius 2 is 1.71 bits per heavy atom. The van der Waals surface area contributed by atoms with Crippen LogP contribution in [0, 0.1) is 13.8 Å². The highest BCUT2D eigenvalue weighted by atomic mass is 15.0. The molecule has 1 aromatic heterocycles. The molecule has 0 aliphatic rings. The van der Waals surface area contributed by atoms with Gasteiger partial charge >= 0.3 is 0 Å². The lowest BCUT2D eigenvalue weighted by molar-refractivity contribution is 0.606. The van der Waals surface area contributed by atoms with Crippen molar-refractivity contribution in [3.63, 3.8) is 0 Å². The van der Waals surface area contributed by atoms with E-state index in [1.807, 2.05) is 0 Å². The van der Waals surface area contributed by atoms with E-state index in [-0.39, 0.29) is 0 Å². The Labute approximate surface area is 85.4 Å². The molecule has 0 aliphatic heterocycles. The zero-order valence-corrected chi connectivity index (χ0v) is 9.33. The van der Waals surface area contributed by atoms with Crippen molar-refractivity contribution < 1.29 is 0 Å². The molecule has 0 bridgehead atoms. The molecule has 2 aromatic rings. The smallest absolute Gasteiger partial charge is 0.0487 e. The van der Waals surface area contributed by atoms with Crippen LogP contribution in [0.5, 0.6) is 0 Å². The average Bonchev–Trinajstić information content (AvgIpc) is 2.41. The second-order valence-corrected chi connectivity index (χ2v) is 4.19. The minimum absolute atomic E-state index is 0.536. The van der Waals surface area contributed by atoms with E-state index < -0.39 is 0 Å². The van der Waals surface area contributed by atoms with Crippen molar-refractivity contribution in [2.24, 2.45) is 0 Å². The van der Waals surface area contributed by atoms with Crippen molar-refractivity contribution in [2.75, 3.05) is 0 Å². The fraction of sp³-hybridized carbons (Fsp3) is 0.385. The Morgan fingerprint density at radius 1 is 1.07 bits per heavy atom. The molecule has 74 valence electrons. The van der Waals surface area contributed by atoms with Gasteiger partial charge in [0.2, 0.25) is 0 Å². The van der Waals surface area contributed by atoms with E-state index in [9.17, 15) is 0 Å². The van der Waals surface area contributed by atoms with Crippen molar-refractivity contribution >= 4 is 10.9 Å². The third kappa shape index (κ3) is 1.16. The van der Waals surface area contributed by atoms with Gasteiger partial charge < -0.3 is 4.57 Å². The van der Waals surface area contributed by atoms with Gasteiger partial charge in [0, 0.05) is 22.6 Å². The van der Waals surface area contributed by atoms with Crippen LogP contribution < -0.4 is 0 Å². The second kappa shape index (κ2) is 3.16. The summed E-state index contributed by atoms with van der Waals surface area (Å²) in [6.07, 6.45) is 0. The van der Waals surface area contributed by atoms with Gasteiger partial charge in [0.05, 0.1) is 0 Å². The maximum absolute atomic E-state index is 2.41. The molecule has 0 amide bonds. The van der Waals surface area contributed by atoms with Crippen molar-refractivity contribution in [3.8, 4) is 0 Å². The summed E-state index contributed by atoms with van der Waals surface area (Å²) >= 11 is 0. The lowest BCUT2D eigenvalue weighted by atomic mass is 10.2. The first-order chi connectivity index (χ1) is 6.63. The van der Waals surface area contributed by atoms with Crippen LogP contribution in [-0.4, -0.2) is 4.57 Å². The highest BCUT2D eigenvalue weighted by Gasteiger charge is 2.11. The Bertz CT molecular complexity index is 463. The molecule has 0 fully saturated rings. The molecule has 0 aliphatic carbocycles. The molecule has 0 saturated carbocycles. The summed E-state index contributed by atoms with van der Waals surface area (Å²) in [5.41, 5.74) is 4.16. The van der Waals surface area contributed by atoms with Crippen LogP contribution in [0.1, 0.15) is 31.1 Å². The number of aromatic nitrogens is 1. The van der Waals surface area contributed by atoms with Gasteiger partial charge in [0.25, 0.3) is 0 Å². The number of hydrogen-bond acceptors (Lipinski definition) is 0. The largest absolute Gasteiger partial charge is 0.342 e. The number of aryl methyl sites for hydroxylation is 1. The third-order valence-corrected chi connectivity index (χ3v) is 2.99. The quantitative estimate of drug-likeness (QED) is 0.639. The minimum atomic E-state index is 0.536. The number of nitrogens with zero attached hydrogens (tertiary/aromatic N) is 1. The van der Waals surface area contributed by atoms with Crippen LogP contribution in [0.2, 0.25) is 0 Å². The Kier molecular flexibility index (Phi) is 2.10. The van der Waals surface area contributed by atoms with Crippen LogP contribution in [0.3, 0.4) is 0 Å². The molecule has 1 aromatic carbocycles. The summed E-state index contributed by atoms with van der Waals surface area (Å²) < 4.78 is 2.41. The molecule has 14 heavy (non-hydrogen) atoms. The fourth-order valence-corrected chi connectivity index (χ4v) is 2.22. The second-order valence-electron chi connectivity index (χ2n) is 4.19. The van der Waals surface area contributed by atoms with Crippen LogP contribution in [0.4, 0.5) is 0 Å². The van der Waals surface area contributed by atoms with Gasteiger partial charge in [-0.1, -0.05) is 18.2 Å². The lowest BCUT2D eigenvalue weighted by Gasteiger charge is -2.12. The number of fused-ring (bicyclic) bond motifs is 1. The predicted octanol–water partition coefficient (Wildman–Crippen LogP) is 3.84. The van der Waals surface area contributed by atoms with Crippen molar-refractivity contribution in [1.82, 2.24) is 4.57 Å². The summed E-state index contributed by atoms with van der Waals surface area (Å²) in [5.74, 6) is 0. The Morgan fingerprint density at radius 3 is 2.36 bits per heavy atom. The van der Waals surface area contributed by atoms with E-state index in [1.165, 1.54) is 22.2 Å². The molecule has 0 unspecified atom stereocenters. The average molecular weight is 187 g/mol. The van der Waals surface area contributed by atoms with Crippen molar-refractivity contribution in [3.05, 3.63) is 35.5 Å². The first-order valence-electron chi connectivity index (χ1n) is 5.19. The van der Waals surface area contributed by atoms with Gasteiger partial charge in [-0.25, -0.2) is 0 Å².